The molecule has 0 aromatic carbocycles. The average molecular weight is 290 g/mol. The van der Waals surface area contributed by atoms with Crippen molar-refractivity contribution in [2.75, 3.05) is 14.2 Å². The molecule has 4 nitrogen and oxygen atoms in total. The molecule has 0 amide bonds. The Morgan fingerprint density at radius 3 is 1.57 bits per heavy atom. The summed E-state index contributed by atoms with van der Waals surface area (Å²) in [4.78, 5) is 24.5. The smallest absolute Gasteiger partial charge is 0.334 e. The van der Waals surface area contributed by atoms with Crippen LogP contribution in [0.5, 0.6) is 0 Å². The zero-order chi connectivity index (χ0) is 15.3. The van der Waals surface area contributed by atoms with Crippen molar-refractivity contribution in [2.24, 2.45) is 23.7 Å². The number of ether oxygens (including phenoxy) is 2. The van der Waals surface area contributed by atoms with Gasteiger partial charge < -0.3 is 9.47 Å². The van der Waals surface area contributed by atoms with Crippen LogP contribution in [0.1, 0.15) is 33.1 Å². The van der Waals surface area contributed by atoms with Crippen LogP contribution in [0.15, 0.2) is 22.3 Å². The first-order valence-electron chi connectivity index (χ1n) is 7.65. The lowest BCUT2D eigenvalue weighted by molar-refractivity contribution is -0.140. The Morgan fingerprint density at radius 1 is 0.857 bits per heavy atom. The second kappa shape index (κ2) is 5.00. The largest absolute Gasteiger partial charge is 0.466 e. The monoisotopic (exact) mass is 290 g/mol. The van der Waals surface area contributed by atoms with Crippen LogP contribution in [-0.2, 0) is 19.1 Å². The number of methoxy groups -OCH3 is 2. The van der Waals surface area contributed by atoms with Crippen molar-refractivity contribution >= 4 is 11.9 Å². The van der Waals surface area contributed by atoms with E-state index in [0.717, 1.165) is 0 Å². The number of hydrogen-bond acceptors (Lipinski definition) is 4. The number of allylic oxidation sites excluding steroid dienone is 2. The van der Waals surface area contributed by atoms with E-state index in [2.05, 4.69) is 0 Å². The molecule has 0 spiro atoms. The zero-order valence-electron chi connectivity index (χ0n) is 13.1. The van der Waals surface area contributed by atoms with Gasteiger partial charge in [-0.05, 0) is 31.1 Å². The van der Waals surface area contributed by atoms with Crippen LogP contribution < -0.4 is 0 Å². The summed E-state index contributed by atoms with van der Waals surface area (Å²) in [5.74, 6) is 0.303. The minimum absolute atomic E-state index is 0.0342. The van der Waals surface area contributed by atoms with Crippen molar-refractivity contribution in [2.45, 2.75) is 33.1 Å². The second-order valence-corrected chi connectivity index (χ2v) is 6.37. The van der Waals surface area contributed by atoms with E-state index in [9.17, 15) is 9.59 Å². The summed E-state index contributed by atoms with van der Waals surface area (Å²) in [7, 11) is 2.73. The highest BCUT2D eigenvalue weighted by Crippen LogP contribution is 2.58. The second-order valence-electron chi connectivity index (χ2n) is 6.37. The Labute approximate surface area is 125 Å². The summed E-state index contributed by atoms with van der Waals surface area (Å²) in [5, 5.41) is 0. The van der Waals surface area contributed by atoms with Crippen molar-refractivity contribution < 1.29 is 19.1 Å². The Kier molecular flexibility index (Phi) is 3.42. The molecule has 1 fully saturated rings. The fraction of sp³-hybridized carbons (Fsp3) is 0.647. The molecule has 114 valence electrons. The number of carbonyl (C=O) groups is 2. The van der Waals surface area contributed by atoms with Gasteiger partial charge in [-0.1, -0.05) is 25.0 Å². The highest BCUT2D eigenvalue weighted by Gasteiger charge is 2.49. The van der Waals surface area contributed by atoms with E-state index in [4.69, 9.17) is 9.47 Å². The van der Waals surface area contributed by atoms with E-state index in [-0.39, 0.29) is 11.8 Å². The highest BCUT2D eigenvalue weighted by atomic mass is 16.5. The molecule has 21 heavy (non-hydrogen) atoms. The fourth-order valence-electron chi connectivity index (χ4n) is 4.80. The molecule has 3 rings (SSSR count). The van der Waals surface area contributed by atoms with Gasteiger partial charge in [-0.2, -0.15) is 0 Å². The van der Waals surface area contributed by atoms with Gasteiger partial charge in [0.15, 0.2) is 0 Å². The van der Waals surface area contributed by atoms with E-state index in [1.807, 2.05) is 13.8 Å². The number of hydrogen-bond donors (Lipinski definition) is 0. The number of rotatable bonds is 2. The predicted molar refractivity (Wildman–Crippen MR) is 77.2 cm³/mol. The van der Waals surface area contributed by atoms with Crippen molar-refractivity contribution in [1.29, 1.82) is 0 Å². The van der Waals surface area contributed by atoms with Crippen LogP contribution >= 0.6 is 0 Å². The molecule has 4 heteroatoms. The van der Waals surface area contributed by atoms with Crippen LogP contribution in [0.2, 0.25) is 0 Å². The van der Waals surface area contributed by atoms with Gasteiger partial charge in [0.1, 0.15) is 0 Å². The van der Waals surface area contributed by atoms with Crippen LogP contribution in [0.4, 0.5) is 0 Å². The summed E-state index contributed by atoms with van der Waals surface area (Å²) in [6.07, 6.45) is 3.60. The molecular weight excluding hydrogens is 268 g/mol. The van der Waals surface area contributed by atoms with Gasteiger partial charge in [-0.25, -0.2) is 9.59 Å². The van der Waals surface area contributed by atoms with Crippen molar-refractivity contribution in [3.05, 3.63) is 22.3 Å². The highest BCUT2D eigenvalue weighted by molar-refractivity contribution is 6.02. The molecule has 3 aliphatic carbocycles. The molecule has 0 aliphatic heterocycles. The summed E-state index contributed by atoms with van der Waals surface area (Å²) in [5.41, 5.74) is 3.80. The third kappa shape index (κ3) is 1.88. The molecule has 0 aromatic rings. The van der Waals surface area contributed by atoms with E-state index in [1.165, 1.54) is 44.6 Å². The number of carbonyl (C=O) groups excluding carboxylic acids is 2. The predicted octanol–water partition coefficient (Wildman–Crippen LogP) is 2.64. The lowest BCUT2D eigenvalue weighted by Gasteiger charge is -2.35. The maximum absolute atomic E-state index is 12.2. The van der Waals surface area contributed by atoms with Crippen LogP contribution in [0.25, 0.3) is 0 Å². The third-order valence-electron chi connectivity index (χ3n) is 5.55. The van der Waals surface area contributed by atoms with E-state index >= 15 is 0 Å². The van der Waals surface area contributed by atoms with Crippen LogP contribution in [0, 0.1) is 23.7 Å². The first kappa shape index (κ1) is 14.4. The van der Waals surface area contributed by atoms with Gasteiger partial charge in [0.25, 0.3) is 0 Å². The summed E-state index contributed by atoms with van der Waals surface area (Å²) in [6.45, 7) is 4.05. The van der Waals surface area contributed by atoms with Gasteiger partial charge in [-0.15, -0.1) is 0 Å². The number of esters is 2. The maximum atomic E-state index is 12.2. The lowest BCUT2D eigenvalue weighted by Crippen LogP contribution is -2.31. The molecule has 1 saturated carbocycles. The fourth-order valence-corrected chi connectivity index (χ4v) is 4.80. The van der Waals surface area contributed by atoms with Gasteiger partial charge in [0.05, 0.1) is 25.4 Å². The quantitative estimate of drug-likeness (QED) is 0.579. The van der Waals surface area contributed by atoms with E-state index in [0.29, 0.717) is 23.0 Å². The van der Waals surface area contributed by atoms with Gasteiger partial charge in [0, 0.05) is 11.8 Å². The molecule has 2 bridgehead atoms. The molecule has 0 aromatic heterocycles. The normalized spacial score (nSPS) is 34.1. The van der Waals surface area contributed by atoms with Crippen molar-refractivity contribution in [1.82, 2.24) is 0 Å². The topological polar surface area (TPSA) is 52.6 Å². The Balaban J connectivity index is 2.13. The first-order chi connectivity index (χ1) is 10.0. The third-order valence-corrected chi connectivity index (χ3v) is 5.55. The molecule has 0 heterocycles. The minimum Gasteiger partial charge on any atom is -0.466 e. The van der Waals surface area contributed by atoms with Crippen molar-refractivity contribution in [3.8, 4) is 0 Å². The van der Waals surface area contributed by atoms with Gasteiger partial charge in [-0.3, -0.25) is 0 Å². The zero-order valence-corrected chi connectivity index (χ0v) is 13.1. The Bertz CT molecular complexity index is 521. The summed E-state index contributed by atoms with van der Waals surface area (Å²) >= 11 is 0. The van der Waals surface area contributed by atoms with Gasteiger partial charge >= 0.3 is 11.9 Å². The van der Waals surface area contributed by atoms with Crippen LogP contribution in [-0.4, -0.2) is 26.2 Å². The molecular formula is C17H22O4. The standard InChI is InChI=1S/C17H22O4/c1-8-12-10-5-6-11(7-10)13(12)9(2)15(17(19)21-4)14(8)16(18)20-3/h8-11H,5-7H2,1-4H3/t8-,9-,10-,11-/m0/s1. The SMILES string of the molecule is COC(=O)C1=C(C(=O)OC)[C@@H](C)C2=C([C@H]3CC[C@H]2C3)[C@@H]1C. The Hall–Kier alpha value is -1.58. The summed E-state index contributed by atoms with van der Waals surface area (Å²) < 4.78 is 9.87. The molecule has 3 aliphatic rings. The molecule has 0 N–H and O–H groups in total. The van der Waals surface area contributed by atoms with Gasteiger partial charge in [0.2, 0.25) is 0 Å². The van der Waals surface area contributed by atoms with Crippen LogP contribution in [0.3, 0.4) is 0 Å². The molecule has 0 unspecified atom stereocenters. The molecule has 0 saturated heterocycles. The average Bonchev–Trinajstić information content (AvgIpc) is 3.10. The summed E-state index contributed by atoms with van der Waals surface area (Å²) in [6, 6.07) is 0. The van der Waals surface area contributed by atoms with E-state index in [1.54, 1.807) is 0 Å². The molecule has 0 radical (unpaired) electrons. The maximum Gasteiger partial charge on any atom is 0.334 e. The Morgan fingerprint density at radius 2 is 1.24 bits per heavy atom. The van der Waals surface area contributed by atoms with E-state index < -0.39 is 11.9 Å². The lowest BCUT2D eigenvalue weighted by atomic mass is 9.69. The number of fused-ring (bicyclic) bond motifs is 4. The molecule has 4 atom stereocenters. The van der Waals surface area contributed by atoms with Crippen molar-refractivity contribution in [3.63, 3.8) is 0 Å². The minimum atomic E-state index is -0.399. The first-order valence-corrected chi connectivity index (χ1v) is 7.65.